The van der Waals surface area contributed by atoms with Gasteiger partial charge in [0, 0.05) is 38.7 Å². The van der Waals surface area contributed by atoms with E-state index in [4.69, 9.17) is 47.3 Å². The van der Waals surface area contributed by atoms with Gasteiger partial charge in [-0.15, -0.1) is 0 Å². The predicted octanol–water partition coefficient (Wildman–Crippen LogP) is 35.2. The second kappa shape index (κ2) is 45.9. The summed E-state index contributed by atoms with van der Waals surface area (Å²) in [7, 11) is -12.6. The van der Waals surface area contributed by atoms with Crippen molar-refractivity contribution < 1.29 is 45.6 Å². The van der Waals surface area contributed by atoms with Crippen LogP contribution in [-0.2, 0) is 45.6 Å². The summed E-state index contributed by atoms with van der Waals surface area (Å²) in [5.74, 6) is 3.90. The minimum absolute atomic E-state index is 0.0472. The van der Waals surface area contributed by atoms with Gasteiger partial charge in [0.2, 0.25) is 0 Å². The maximum Gasteiger partial charge on any atom is 0.193 e. The number of hydrogen-bond donors (Lipinski definition) is 0. The number of carbonyl (C=O) groups is 1. The summed E-state index contributed by atoms with van der Waals surface area (Å²) in [5, 5.41) is 10.4. The Balaban J connectivity index is 0.000000278. The van der Waals surface area contributed by atoms with E-state index in [0.29, 0.717) is 99.2 Å². The number of rotatable bonds is 27. The molecule has 0 heterocycles. The molecule has 136 heavy (non-hydrogen) atoms. The van der Waals surface area contributed by atoms with Gasteiger partial charge < -0.3 is 40.8 Å². The predicted molar refractivity (Wildman–Crippen MR) is 595 cm³/mol. The van der Waals surface area contributed by atoms with Crippen molar-refractivity contribution in [3.8, 4) is 6.07 Å². The van der Waals surface area contributed by atoms with Crippen LogP contribution < -0.4 is 0 Å². The number of nitrogens with zero attached hydrogens (tertiary/aromatic N) is 2. The summed E-state index contributed by atoms with van der Waals surface area (Å²) in [5.41, 5.74) is 12.9. The standard InChI is InChI=1S/2C40H71NO3Si2.C38H70O4Si2/c1-29(42-25-24-37(2,3)4)33-21-22-34-31(18-17-23-40(33,34)11)20-19-30-26-35(43-45(13,14)38(5,6)7)32(28-41-12)36(27-30)44-46(15,16)39(8,9)10;1-29(42-26-24-37(2,3)4)33-20-21-34-31(17-16-23-40(33,34)11)19-18-30-27-35(43-45(12,13)38(5,6)7)32(22-25-41)36(28-30)44-46(14,15)39(8,9)10;1-27(40-24-23-35(2,3)4)30-20-21-31-29(17-16-22-38(30,31)11)19-18-28-25-32(41-43(12,13)36(5,6)7)34(39)33(26-28)42-44(14,15)37(8,9)10/h19-20,28-29,33-36H,17-18,21-27H2,1-11,13-16H3;18-19,22,29,33-36H,16-17,20-21,23-24,26-28H2,1-15H3;18-19,27,30-33H,16-17,20-26H2,1-15H3/b30-19?,31-20+,32-28?;30-18?,31-19+,32-22?;29-19+/t2*29-,33?,34?,35-,36-,40?;27-,30?,31?,32-,33-,38?/m111/s1. The fourth-order valence-corrected chi connectivity index (χ4v) is 30.2. The lowest BCUT2D eigenvalue weighted by Gasteiger charge is -2.46. The normalized spacial score (nSPS) is 30.2. The molecule has 9 unspecified atom stereocenters. The van der Waals surface area contributed by atoms with Crippen molar-refractivity contribution >= 4 is 55.7 Å². The highest BCUT2D eigenvalue weighted by atomic mass is 28.4. The molecule has 778 valence electrons. The molecule has 18 atom stereocenters. The number of ether oxygens (including phenoxy) is 3. The summed E-state index contributed by atoms with van der Waals surface area (Å²) in [6.45, 7) is 115. The summed E-state index contributed by atoms with van der Waals surface area (Å²) >= 11 is 0. The molecule has 0 N–H and O–H groups in total. The fraction of sp³-hybridized carbons (Fsp3) is 0.839. The Labute approximate surface area is 845 Å². The first-order valence-electron chi connectivity index (χ1n) is 54.5. The summed E-state index contributed by atoms with van der Waals surface area (Å²) in [6, 6.07) is 2.37. The fourth-order valence-electron chi connectivity index (χ4n) is 22.5. The van der Waals surface area contributed by atoms with Crippen LogP contribution in [-0.4, -0.2) is 130 Å². The minimum Gasteiger partial charge on any atom is -0.411 e. The van der Waals surface area contributed by atoms with Crippen LogP contribution in [0.3, 0.4) is 0 Å². The SMILES string of the molecule is C[C@@H](OCCC(C)(C)C)C1CCC2/C(=C/C=C3C[C@@H](O[Si](C)(C)C(C)(C)C)C(=CC#N)[C@H](O[Si](C)(C)C(C)(C)C)C3)CCCC21C.C[C@@H](OCCC(C)(C)C)C1CCC2/C(=C/C=C3C[C@@H](O[Si](C)(C)C(C)(C)C)C(=O)[C@H](O[Si](C)(C)C(C)(C)C)C3)CCCC21C.[C-]#[N+]C=C1[C@H](O[Si](C)(C)C(C)(C)C)CC(=C/C=C2\CCCC3(C)C2CCC3[C@@H](C)OCCC(C)(C)C)C[C@H]1O[Si](C)(C)C(C)(C)C. The first-order valence-corrected chi connectivity index (χ1v) is 71.9. The van der Waals surface area contributed by atoms with Crippen LogP contribution >= 0.6 is 0 Å². The molecule has 9 saturated carbocycles. The zero-order valence-corrected chi connectivity index (χ0v) is 103. The van der Waals surface area contributed by atoms with Gasteiger partial charge in [0.25, 0.3) is 0 Å². The Hall–Kier alpha value is -2.49. The van der Waals surface area contributed by atoms with Crippen LogP contribution in [0.1, 0.15) is 383 Å². The van der Waals surface area contributed by atoms with Crippen molar-refractivity contribution in [3.63, 3.8) is 0 Å². The number of ketones is 1. The monoisotopic (exact) mass is 1990 g/mol. The highest BCUT2D eigenvalue weighted by Gasteiger charge is 2.57. The van der Waals surface area contributed by atoms with Crippen LogP contribution in [0.15, 0.2) is 93.3 Å². The molecule has 9 aliphatic carbocycles. The lowest BCUT2D eigenvalue weighted by molar-refractivity contribution is -0.135. The molecule has 9 aliphatic rings. The van der Waals surface area contributed by atoms with Crippen LogP contribution in [0.4, 0.5) is 0 Å². The van der Waals surface area contributed by atoms with Crippen LogP contribution in [0.2, 0.25) is 109 Å². The molecule has 0 saturated heterocycles. The van der Waals surface area contributed by atoms with E-state index in [9.17, 15) is 10.1 Å². The van der Waals surface area contributed by atoms with Crippen molar-refractivity contribution in [1.29, 1.82) is 5.26 Å². The number of nitriles is 1. The number of allylic oxidation sites excluding steroid dienone is 10. The van der Waals surface area contributed by atoms with Gasteiger partial charge in [-0.2, -0.15) is 5.26 Å². The summed E-state index contributed by atoms with van der Waals surface area (Å²) in [6.07, 6.45) is 44.7. The van der Waals surface area contributed by atoms with E-state index in [1.165, 1.54) is 113 Å². The molecule has 0 amide bonds. The second-order valence-electron chi connectivity index (χ2n) is 58.0. The topological polar surface area (TPSA) is 128 Å². The molecular weight excluding hydrogens is 1770 g/mol. The van der Waals surface area contributed by atoms with E-state index >= 15 is 0 Å². The quantitative estimate of drug-likeness (QED) is 0.0443. The highest BCUT2D eigenvalue weighted by Crippen LogP contribution is 2.63. The molecule has 0 aliphatic heterocycles. The van der Waals surface area contributed by atoms with Gasteiger partial charge in [-0.3, -0.25) is 4.79 Å². The molecule has 0 bridgehead atoms. The first-order chi connectivity index (χ1) is 61.7. The van der Waals surface area contributed by atoms with Gasteiger partial charge in [0.1, 0.15) is 12.2 Å². The van der Waals surface area contributed by atoms with Crippen LogP contribution in [0, 0.1) is 85.9 Å². The average Bonchev–Trinajstić information content (AvgIpc) is 1.64. The van der Waals surface area contributed by atoms with E-state index in [2.05, 4.69) is 354 Å². The van der Waals surface area contributed by atoms with Crippen LogP contribution in [0.5, 0.6) is 0 Å². The Morgan fingerprint density at radius 3 is 0.794 bits per heavy atom. The molecule has 12 nitrogen and oxygen atoms in total. The van der Waals surface area contributed by atoms with Gasteiger partial charge in [-0.25, -0.2) is 4.85 Å². The highest BCUT2D eigenvalue weighted by molar-refractivity contribution is 6.76. The van der Waals surface area contributed by atoms with Gasteiger partial charge in [-0.1, -0.05) is 278 Å². The lowest BCUT2D eigenvalue weighted by atomic mass is 9.62. The Bertz CT molecular complexity index is 3990. The maximum atomic E-state index is 13.9. The average molecular weight is 1990 g/mol. The smallest absolute Gasteiger partial charge is 0.193 e. The third-order valence-electron chi connectivity index (χ3n) is 37.8. The summed E-state index contributed by atoms with van der Waals surface area (Å²) < 4.78 is 61.7. The van der Waals surface area contributed by atoms with Gasteiger partial charge in [-0.05, 0) is 350 Å². The largest absolute Gasteiger partial charge is 0.411 e. The minimum atomic E-state index is -2.13. The van der Waals surface area contributed by atoms with E-state index in [0.717, 1.165) is 75.9 Å². The van der Waals surface area contributed by atoms with E-state index in [1.54, 1.807) is 29.0 Å². The zero-order valence-electron chi connectivity index (χ0n) is 96.8. The molecule has 9 fully saturated rings. The first kappa shape index (κ1) is 120. The third kappa shape index (κ3) is 31.3. The zero-order chi connectivity index (χ0) is 103. The molecule has 0 radical (unpaired) electrons. The van der Waals surface area contributed by atoms with Gasteiger partial charge in [0.15, 0.2) is 61.9 Å². The molecule has 18 heteroatoms. The van der Waals surface area contributed by atoms with Gasteiger partial charge >= 0.3 is 0 Å². The van der Waals surface area contributed by atoms with E-state index in [-0.39, 0.29) is 60.4 Å². The van der Waals surface area contributed by atoms with Crippen molar-refractivity contribution in [2.75, 3.05) is 19.8 Å². The Morgan fingerprint density at radius 1 is 0.360 bits per heavy atom. The molecular formula is C118H212N2O10Si6. The summed E-state index contributed by atoms with van der Waals surface area (Å²) in [4.78, 5) is 17.7. The number of hydrogen-bond acceptors (Lipinski definition) is 11. The van der Waals surface area contributed by atoms with Crippen molar-refractivity contribution in [3.05, 3.63) is 105 Å². The maximum absolute atomic E-state index is 13.9. The molecule has 9 rings (SSSR count). The van der Waals surface area contributed by atoms with E-state index in [1.807, 2.05) is 0 Å². The van der Waals surface area contributed by atoms with Gasteiger partial charge in [0.05, 0.1) is 55.4 Å². The number of Topliss-reactive ketones (excluding diaryl/α,β-unsaturated/α-hetero) is 1. The van der Waals surface area contributed by atoms with Crippen molar-refractivity contribution in [2.45, 2.75) is 546 Å². The molecule has 0 aromatic heterocycles. The molecule has 0 aromatic carbocycles. The molecule has 0 aromatic rings. The van der Waals surface area contributed by atoms with Crippen molar-refractivity contribution in [1.82, 2.24) is 0 Å². The third-order valence-corrected chi connectivity index (χ3v) is 64.7. The second-order valence-corrected chi connectivity index (χ2v) is 86.5. The molecule has 0 spiro atoms. The lowest BCUT2D eigenvalue weighted by Crippen LogP contribution is -2.53. The van der Waals surface area contributed by atoms with Crippen molar-refractivity contribution in [2.24, 2.45) is 68.0 Å². The number of fused-ring (bicyclic) bond motifs is 3. The van der Waals surface area contributed by atoms with E-state index < -0.39 is 62.1 Å². The van der Waals surface area contributed by atoms with Crippen LogP contribution in [0.25, 0.3) is 4.85 Å². The Morgan fingerprint density at radius 2 is 0.581 bits per heavy atom. The number of carbonyl (C=O) groups excluding carboxylic acids is 1. The Kier molecular flexibility index (Phi) is 40.6.